The number of hydrogen-bond donors (Lipinski definition) is 1. The predicted molar refractivity (Wildman–Crippen MR) is 124 cm³/mol. The summed E-state index contributed by atoms with van der Waals surface area (Å²) in [5.74, 6) is 0.0416. The lowest BCUT2D eigenvalue weighted by Crippen LogP contribution is -2.35. The van der Waals surface area contributed by atoms with Crippen LogP contribution in [0.15, 0.2) is 47.4 Å². The van der Waals surface area contributed by atoms with Gasteiger partial charge < -0.3 is 10.1 Å². The molecule has 2 aromatic rings. The van der Waals surface area contributed by atoms with Gasteiger partial charge in [0.15, 0.2) is 0 Å². The predicted octanol–water partition coefficient (Wildman–Crippen LogP) is 4.39. The molecule has 0 aromatic heterocycles. The average molecular weight is 443 g/mol. The zero-order valence-electron chi connectivity index (χ0n) is 18.3. The highest BCUT2D eigenvalue weighted by atomic mass is 32.2. The number of carbonyl (C=O) groups is 1. The number of piperidine rings is 1. The molecular weight excluding hydrogens is 412 g/mol. The van der Waals surface area contributed by atoms with Crippen LogP contribution < -0.4 is 10.1 Å². The smallest absolute Gasteiger partial charge is 0.248 e. The Kier molecular flexibility index (Phi) is 7.51. The van der Waals surface area contributed by atoms with Crippen molar-refractivity contribution in [1.29, 1.82) is 0 Å². The monoisotopic (exact) mass is 442 g/mol. The first-order chi connectivity index (χ1) is 14.9. The van der Waals surface area contributed by atoms with Gasteiger partial charge in [0.1, 0.15) is 10.6 Å². The van der Waals surface area contributed by atoms with E-state index in [0.29, 0.717) is 24.4 Å². The standard InChI is InChI=1S/C24H30N2O4S/c1-4-20-10-8-9-18(2)24(20)25-23(27)14-12-19-11-13-21(30-3)22(17-19)31(28,29)26-15-6-5-7-16-26/h8-14,17H,4-7,15-16H2,1-3H3,(H,25,27). The lowest BCUT2D eigenvalue weighted by Gasteiger charge is -2.26. The van der Waals surface area contributed by atoms with Crippen LogP contribution in [0.3, 0.4) is 0 Å². The molecule has 1 amide bonds. The first kappa shape index (κ1) is 23.0. The molecule has 7 heteroatoms. The summed E-state index contributed by atoms with van der Waals surface area (Å²) in [6, 6.07) is 10.9. The second-order valence-electron chi connectivity index (χ2n) is 7.66. The van der Waals surface area contributed by atoms with Crippen LogP contribution in [0.4, 0.5) is 5.69 Å². The molecule has 0 bridgehead atoms. The molecule has 2 aromatic carbocycles. The first-order valence-corrected chi connectivity index (χ1v) is 12.1. The van der Waals surface area contributed by atoms with Gasteiger partial charge in [-0.15, -0.1) is 0 Å². The van der Waals surface area contributed by atoms with Crippen LogP contribution in [-0.4, -0.2) is 38.8 Å². The summed E-state index contributed by atoms with van der Waals surface area (Å²) in [4.78, 5) is 12.6. The second-order valence-corrected chi connectivity index (χ2v) is 9.57. The van der Waals surface area contributed by atoms with Crippen molar-refractivity contribution in [3.8, 4) is 5.75 Å². The maximum absolute atomic E-state index is 13.1. The van der Waals surface area contributed by atoms with Crippen molar-refractivity contribution in [2.45, 2.75) is 44.4 Å². The third kappa shape index (κ3) is 5.35. The van der Waals surface area contributed by atoms with Gasteiger partial charge in [0, 0.05) is 24.9 Å². The lowest BCUT2D eigenvalue weighted by atomic mass is 10.1. The highest BCUT2D eigenvalue weighted by Gasteiger charge is 2.29. The Morgan fingerprint density at radius 1 is 1.16 bits per heavy atom. The van der Waals surface area contributed by atoms with Crippen LogP contribution in [0.5, 0.6) is 5.75 Å². The molecule has 1 aliphatic heterocycles. The maximum Gasteiger partial charge on any atom is 0.248 e. The van der Waals surface area contributed by atoms with Gasteiger partial charge in [-0.25, -0.2) is 8.42 Å². The van der Waals surface area contributed by atoms with Gasteiger partial charge in [-0.1, -0.05) is 37.6 Å². The quantitative estimate of drug-likeness (QED) is 0.645. The van der Waals surface area contributed by atoms with Crippen molar-refractivity contribution in [2.75, 3.05) is 25.5 Å². The fraction of sp³-hybridized carbons (Fsp3) is 0.375. The Balaban J connectivity index is 1.83. The Morgan fingerprint density at radius 2 is 1.90 bits per heavy atom. The number of para-hydroxylation sites is 1. The molecule has 3 rings (SSSR count). The molecule has 0 aliphatic carbocycles. The summed E-state index contributed by atoms with van der Waals surface area (Å²) in [6.45, 7) is 5.04. The molecule has 31 heavy (non-hydrogen) atoms. The van der Waals surface area contributed by atoms with Gasteiger partial charge >= 0.3 is 0 Å². The zero-order chi connectivity index (χ0) is 22.4. The molecular formula is C24H30N2O4S. The summed E-state index contributed by atoms with van der Waals surface area (Å²) in [5.41, 5.74) is 3.51. The van der Waals surface area contributed by atoms with Crippen LogP contribution in [-0.2, 0) is 21.2 Å². The van der Waals surface area contributed by atoms with E-state index in [1.165, 1.54) is 17.5 Å². The fourth-order valence-corrected chi connectivity index (χ4v) is 5.49. The van der Waals surface area contributed by atoms with Gasteiger partial charge in [-0.3, -0.25) is 4.79 Å². The van der Waals surface area contributed by atoms with E-state index < -0.39 is 10.0 Å². The molecule has 1 aliphatic rings. The number of sulfonamides is 1. The molecule has 1 N–H and O–H groups in total. The SMILES string of the molecule is CCc1cccc(C)c1NC(=O)C=Cc1ccc(OC)c(S(=O)(=O)N2CCCCC2)c1. The molecule has 166 valence electrons. The van der Waals surface area contributed by atoms with Gasteiger partial charge in [0.2, 0.25) is 15.9 Å². The number of amides is 1. The summed E-state index contributed by atoms with van der Waals surface area (Å²) in [6.07, 6.45) is 6.62. The molecule has 0 spiro atoms. The highest BCUT2D eigenvalue weighted by molar-refractivity contribution is 7.89. The number of hydrogen-bond acceptors (Lipinski definition) is 4. The van der Waals surface area contributed by atoms with Gasteiger partial charge in [0.05, 0.1) is 7.11 Å². The summed E-state index contributed by atoms with van der Waals surface area (Å²) in [5, 5.41) is 2.94. The van der Waals surface area contributed by atoms with Gasteiger partial charge in [-0.2, -0.15) is 4.31 Å². The topological polar surface area (TPSA) is 75.7 Å². The Hall–Kier alpha value is -2.64. The van der Waals surface area contributed by atoms with E-state index in [-0.39, 0.29) is 10.8 Å². The molecule has 1 saturated heterocycles. The van der Waals surface area contributed by atoms with E-state index in [1.807, 2.05) is 32.0 Å². The summed E-state index contributed by atoms with van der Waals surface area (Å²) >= 11 is 0. The minimum atomic E-state index is -3.66. The average Bonchev–Trinajstić information content (AvgIpc) is 2.79. The van der Waals surface area contributed by atoms with Crippen LogP contribution in [0, 0.1) is 6.92 Å². The fourth-order valence-electron chi connectivity index (χ4n) is 3.78. The molecule has 0 atom stereocenters. The minimum Gasteiger partial charge on any atom is -0.495 e. The van der Waals surface area contributed by atoms with Crippen molar-refractivity contribution < 1.29 is 17.9 Å². The molecule has 0 unspecified atom stereocenters. The molecule has 6 nitrogen and oxygen atoms in total. The van der Waals surface area contributed by atoms with Crippen molar-refractivity contribution in [3.05, 3.63) is 59.2 Å². The summed E-state index contributed by atoms with van der Waals surface area (Å²) < 4.78 is 33.1. The number of benzene rings is 2. The zero-order valence-corrected chi connectivity index (χ0v) is 19.2. The van der Waals surface area contributed by atoms with Crippen molar-refractivity contribution >= 4 is 27.7 Å². The number of nitrogens with zero attached hydrogens (tertiary/aromatic N) is 1. The number of anilines is 1. The van der Waals surface area contributed by atoms with E-state index in [2.05, 4.69) is 5.32 Å². The number of ether oxygens (including phenoxy) is 1. The van der Waals surface area contributed by atoms with Crippen LogP contribution >= 0.6 is 0 Å². The maximum atomic E-state index is 13.1. The van der Waals surface area contributed by atoms with E-state index in [9.17, 15) is 13.2 Å². The molecule has 1 heterocycles. The number of methoxy groups -OCH3 is 1. The number of carbonyl (C=O) groups excluding carboxylic acids is 1. The Bertz CT molecular complexity index is 1070. The minimum absolute atomic E-state index is 0.131. The van der Waals surface area contributed by atoms with Gasteiger partial charge in [-0.05, 0) is 61.1 Å². The third-order valence-corrected chi connectivity index (χ3v) is 7.46. The Morgan fingerprint density at radius 3 is 2.58 bits per heavy atom. The number of rotatable bonds is 7. The van der Waals surface area contributed by atoms with E-state index in [4.69, 9.17) is 4.74 Å². The van der Waals surface area contributed by atoms with E-state index in [0.717, 1.165) is 42.5 Å². The second kappa shape index (κ2) is 10.1. The van der Waals surface area contributed by atoms with Crippen molar-refractivity contribution in [1.82, 2.24) is 4.31 Å². The largest absolute Gasteiger partial charge is 0.495 e. The summed E-state index contributed by atoms with van der Waals surface area (Å²) in [7, 11) is -2.20. The van der Waals surface area contributed by atoms with Crippen LogP contribution in [0.25, 0.3) is 6.08 Å². The van der Waals surface area contributed by atoms with E-state index in [1.54, 1.807) is 24.3 Å². The number of aryl methyl sites for hydroxylation is 2. The number of nitrogens with one attached hydrogen (secondary N) is 1. The van der Waals surface area contributed by atoms with Crippen molar-refractivity contribution in [3.63, 3.8) is 0 Å². The highest BCUT2D eigenvalue weighted by Crippen LogP contribution is 2.30. The molecule has 0 saturated carbocycles. The Labute approximate surface area is 185 Å². The van der Waals surface area contributed by atoms with Crippen LogP contribution in [0.1, 0.15) is 42.9 Å². The first-order valence-electron chi connectivity index (χ1n) is 10.6. The molecule has 0 radical (unpaired) electrons. The third-order valence-electron chi connectivity index (χ3n) is 5.54. The van der Waals surface area contributed by atoms with E-state index >= 15 is 0 Å². The van der Waals surface area contributed by atoms with Crippen LogP contribution in [0.2, 0.25) is 0 Å². The van der Waals surface area contributed by atoms with Crippen molar-refractivity contribution in [2.24, 2.45) is 0 Å². The molecule has 1 fully saturated rings. The van der Waals surface area contributed by atoms with Gasteiger partial charge in [0.25, 0.3) is 0 Å². The lowest BCUT2D eigenvalue weighted by molar-refractivity contribution is -0.111. The normalized spacial score (nSPS) is 15.2.